The lowest BCUT2D eigenvalue weighted by molar-refractivity contribution is -0.384. The lowest BCUT2D eigenvalue weighted by atomic mass is 10.2. The molecular formula is C11H13ClN2O2S. The van der Waals surface area contributed by atoms with E-state index in [1.54, 1.807) is 6.07 Å². The van der Waals surface area contributed by atoms with Crippen molar-refractivity contribution < 1.29 is 4.92 Å². The van der Waals surface area contributed by atoms with Crippen molar-refractivity contribution in [3.8, 4) is 0 Å². The maximum absolute atomic E-state index is 10.6. The van der Waals surface area contributed by atoms with Crippen molar-refractivity contribution >= 4 is 34.7 Å². The minimum Gasteiger partial charge on any atom is -0.382 e. The maximum atomic E-state index is 10.6. The number of benzene rings is 1. The van der Waals surface area contributed by atoms with Crippen molar-refractivity contribution in [3.63, 3.8) is 0 Å². The molecule has 17 heavy (non-hydrogen) atoms. The molecule has 0 unspecified atom stereocenters. The van der Waals surface area contributed by atoms with Crippen molar-refractivity contribution in [1.82, 2.24) is 0 Å². The molecule has 0 amide bonds. The summed E-state index contributed by atoms with van der Waals surface area (Å²) in [5, 5.41) is 14.2. The highest BCUT2D eigenvalue weighted by atomic mass is 35.5. The first-order valence-electron chi connectivity index (χ1n) is 5.29. The summed E-state index contributed by atoms with van der Waals surface area (Å²) in [5.41, 5.74) is 0.782. The molecule has 0 bridgehead atoms. The van der Waals surface area contributed by atoms with E-state index >= 15 is 0 Å². The molecule has 0 aromatic heterocycles. The molecule has 4 nitrogen and oxygen atoms in total. The Hall–Kier alpha value is -0.940. The van der Waals surface area contributed by atoms with Crippen molar-refractivity contribution in [3.05, 3.63) is 33.3 Å². The summed E-state index contributed by atoms with van der Waals surface area (Å²) < 4.78 is 0.338. The van der Waals surface area contributed by atoms with E-state index in [1.807, 2.05) is 11.8 Å². The fourth-order valence-electron chi connectivity index (χ4n) is 1.61. The van der Waals surface area contributed by atoms with Crippen molar-refractivity contribution in [1.29, 1.82) is 0 Å². The van der Waals surface area contributed by atoms with E-state index in [0.29, 0.717) is 9.77 Å². The molecule has 0 radical (unpaired) electrons. The van der Waals surface area contributed by atoms with Gasteiger partial charge in [-0.15, -0.1) is 0 Å². The third-order valence-corrected chi connectivity index (χ3v) is 4.74. The van der Waals surface area contributed by atoms with Gasteiger partial charge in [0.05, 0.1) is 15.6 Å². The fraction of sp³-hybridized carbons (Fsp3) is 0.455. The van der Waals surface area contributed by atoms with E-state index in [4.69, 9.17) is 11.6 Å². The van der Waals surface area contributed by atoms with Gasteiger partial charge in [0.25, 0.3) is 5.69 Å². The van der Waals surface area contributed by atoms with Gasteiger partial charge in [-0.3, -0.25) is 10.1 Å². The monoisotopic (exact) mass is 272 g/mol. The van der Waals surface area contributed by atoms with Crippen LogP contribution < -0.4 is 5.32 Å². The van der Waals surface area contributed by atoms with E-state index in [2.05, 4.69) is 11.6 Å². The normalized spacial score (nSPS) is 16.6. The van der Waals surface area contributed by atoms with Gasteiger partial charge in [-0.05, 0) is 25.2 Å². The summed E-state index contributed by atoms with van der Waals surface area (Å²) in [5.74, 6) is 0. The Labute approximate surface area is 109 Å². The highest BCUT2D eigenvalue weighted by Crippen LogP contribution is 2.47. The highest BCUT2D eigenvalue weighted by molar-refractivity contribution is 8.00. The number of nitro groups is 1. The van der Waals surface area contributed by atoms with Gasteiger partial charge in [0.1, 0.15) is 0 Å². The van der Waals surface area contributed by atoms with Gasteiger partial charge >= 0.3 is 0 Å². The van der Waals surface area contributed by atoms with E-state index < -0.39 is 4.92 Å². The molecule has 1 fully saturated rings. The number of anilines is 1. The van der Waals surface area contributed by atoms with Gasteiger partial charge < -0.3 is 5.32 Å². The summed E-state index contributed by atoms with van der Waals surface area (Å²) in [7, 11) is 0. The van der Waals surface area contributed by atoms with E-state index in [1.165, 1.54) is 25.0 Å². The third-order valence-electron chi connectivity index (χ3n) is 3.01. The summed E-state index contributed by atoms with van der Waals surface area (Å²) in [6.45, 7) is 0.853. The molecule has 92 valence electrons. The molecule has 1 N–H and O–H groups in total. The zero-order valence-corrected chi connectivity index (χ0v) is 11.0. The first-order valence-corrected chi connectivity index (χ1v) is 6.90. The molecule has 1 aliphatic carbocycles. The van der Waals surface area contributed by atoms with Gasteiger partial charge in [0.15, 0.2) is 0 Å². The van der Waals surface area contributed by atoms with Gasteiger partial charge in [0, 0.05) is 23.4 Å². The predicted molar refractivity (Wildman–Crippen MR) is 72.1 cm³/mol. The van der Waals surface area contributed by atoms with Gasteiger partial charge in [-0.2, -0.15) is 11.8 Å². The topological polar surface area (TPSA) is 55.2 Å². The second-order valence-electron chi connectivity index (χ2n) is 4.16. The first-order chi connectivity index (χ1) is 8.06. The highest BCUT2D eigenvalue weighted by Gasteiger charge is 2.41. The molecule has 0 spiro atoms. The van der Waals surface area contributed by atoms with Crippen molar-refractivity contribution in [2.75, 3.05) is 18.1 Å². The van der Waals surface area contributed by atoms with Crippen LogP contribution in [0.4, 0.5) is 11.4 Å². The van der Waals surface area contributed by atoms with Crippen LogP contribution in [0, 0.1) is 10.1 Å². The first kappa shape index (κ1) is 12.5. The number of thioether (sulfide) groups is 1. The zero-order valence-electron chi connectivity index (χ0n) is 9.40. The Bertz CT molecular complexity index is 449. The van der Waals surface area contributed by atoms with Crippen molar-refractivity contribution in [2.45, 2.75) is 17.6 Å². The number of non-ortho nitro benzene ring substituents is 1. The van der Waals surface area contributed by atoms with E-state index in [0.717, 1.165) is 12.2 Å². The SMILES string of the molecule is CSC1(CNc2ccc([N+](=O)[O-])cc2Cl)CC1. The molecule has 0 heterocycles. The maximum Gasteiger partial charge on any atom is 0.271 e. The molecule has 1 saturated carbocycles. The third kappa shape index (κ3) is 2.84. The minimum absolute atomic E-state index is 0.0200. The lowest BCUT2D eigenvalue weighted by Gasteiger charge is -2.14. The smallest absolute Gasteiger partial charge is 0.271 e. The predicted octanol–water partition coefficient (Wildman–Crippen LogP) is 3.56. The number of nitrogens with one attached hydrogen (secondary N) is 1. The molecule has 1 aromatic rings. The number of nitrogens with zero attached hydrogens (tertiary/aromatic N) is 1. The standard InChI is InChI=1S/C11H13ClN2O2S/c1-17-11(4-5-11)7-13-10-3-2-8(14(15)16)6-9(10)12/h2-3,6,13H,4-5,7H2,1H3. The Morgan fingerprint density at radius 1 is 1.59 bits per heavy atom. The second-order valence-corrected chi connectivity index (χ2v) is 5.84. The molecule has 0 saturated heterocycles. The lowest BCUT2D eigenvalue weighted by Crippen LogP contribution is -2.17. The second kappa shape index (κ2) is 4.74. The average Bonchev–Trinajstić information content (AvgIpc) is 3.08. The number of halogens is 1. The zero-order chi connectivity index (χ0) is 12.5. The largest absolute Gasteiger partial charge is 0.382 e. The van der Waals surface area contributed by atoms with Gasteiger partial charge in [0.2, 0.25) is 0 Å². The van der Waals surface area contributed by atoms with Crippen LogP contribution in [0.3, 0.4) is 0 Å². The number of hydrogen-bond acceptors (Lipinski definition) is 4. The number of hydrogen-bond donors (Lipinski definition) is 1. The molecular weight excluding hydrogens is 260 g/mol. The van der Waals surface area contributed by atoms with Crippen LogP contribution in [0.5, 0.6) is 0 Å². The van der Waals surface area contributed by atoms with Crippen LogP contribution in [-0.4, -0.2) is 22.5 Å². The van der Waals surface area contributed by atoms with Crippen LogP contribution in [0.1, 0.15) is 12.8 Å². The molecule has 6 heteroatoms. The average molecular weight is 273 g/mol. The Balaban J connectivity index is 2.04. The van der Waals surface area contributed by atoms with Crippen LogP contribution in [-0.2, 0) is 0 Å². The molecule has 1 aromatic carbocycles. The summed E-state index contributed by atoms with van der Waals surface area (Å²) in [4.78, 5) is 10.1. The van der Waals surface area contributed by atoms with E-state index in [-0.39, 0.29) is 5.69 Å². The number of nitro benzene ring substituents is 1. The summed E-state index contributed by atoms with van der Waals surface area (Å²) in [6, 6.07) is 4.51. The van der Waals surface area contributed by atoms with E-state index in [9.17, 15) is 10.1 Å². The Morgan fingerprint density at radius 3 is 2.76 bits per heavy atom. The summed E-state index contributed by atoms with van der Waals surface area (Å²) in [6.07, 6.45) is 4.53. The quantitative estimate of drug-likeness (QED) is 0.658. The van der Waals surface area contributed by atoms with Crippen molar-refractivity contribution in [2.24, 2.45) is 0 Å². The number of rotatable bonds is 5. The molecule has 0 aliphatic heterocycles. The van der Waals surface area contributed by atoms with Crippen LogP contribution in [0.25, 0.3) is 0 Å². The summed E-state index contributed by atoms with van der Waals surface area (Å²) >= 11 is 7.85. The minimum atomic E-state index is -0.445. The van der Waals surface area contributed by atoms with Gasteiger partial charge in [-0.25, -0.2) is 0 Å². The molecule has 1 aliphatic rings. The Kier molecular flexibility index (Phi) is 3.49. The molecule has 2 rings (SSSR count). The fourth-order valence-corrected chi connectivity index (χ4v) is 2.58. The van der Waals surface area contributed by atoms with Crippen LogP contribution >= 0.6 is 23.4 Å². The van der Waals surface area contributed by atoms with Gasteiger partial charge in [-0.1, -0.05) is 11.6 Å². The molecule has 0 atom stereocenters. The Morgan fingerprint density at radius 2 is 2.29 bits per heavy atom. The van der Waals surface area contributed by atoms with Crippen LogP contribution in [0.15, 0.2) is 18.2 Å². The van der Waals surface area contributed by atoms with Crippen LogP contribution in [0.2, 0.25) is 5.02 Å².